The number of anilines is 1. The zero-order valence-corrected chi connectivity index (χ0v) is 14.1. The minimum absolute atomic E-state index is 0.106. The van der Waals surface area contributed by atoms with Crippen LogP contribution in [0.4, 0.5) is 5.13 Å². The van der Waals surface area contributed by atoms with Crippen molar-refractivity contribution in [3.05, 3.63) is 47.7 Å². The largest absolute Gasteiger partial charge is 0.301 e. The number of thioether (sulfide) groups is 1. The Morgan fingerprint density at radius 1 is 1.30 bits per heavy atom. The number of amides is 1. The number of nitrogens with zero attached hydrogens (tertiary/aromatic N) is 4. The third-order valence-corrected chi connectivity index (χ3v) is 4.66. The molecule has 118 valence electrons. The Labute approximate surface area is 142 Å². The van der Waals surface area contributed by atoms with Gasteiger partial charge in [-0.2, -0.15) is 0 Å². The lowest BCUT2D eigenvalue weighted by Gasteiger charge is -2.08. The SMILES string of the molecule is CCc1nnc(SCC(=O)Nc2nccs2)n1-c1ccccc1. The van der Waals surface area contributed by atoms with Crippen molar-refractivity contribution < 1.29 is 4.79 Å². The monoisotopic (exact) mass is 345 g/mol. The number of para-hydroxylation sites is 1. The number of thiazole rings is 1. The van der Waals surface area contributed by atoms with Crippen molar-refractivity contribution in [3.63, 3.8) is 0 Å². The number of hydrogen-bond acceptors (Lipinski definition) is 6. The number of aromatic nitrogens is 4. The molecule has 2 heterocycles. The Kier molecular flexibility index (Phi) is 5.04. The van der Waals surface area contributed by atoms with Gasteiger partial charge in [0.05, 0.1) is 5.75 Å². The zero-order valence-electron chi connectivity index (χ0n) is 12.5. The minimum atomic E-state index is -0.106. The average molecular weight is 345 g/mol. The van der Waals surface area contributed by atoms with Crippen LogP contribution in [-0.4, -0.2) is 31.4 Å². The van der Waals surface area contributed by atoms with Crippen molar-refractivity contribution in [1.82, 2.24) is 19.7 Å². The van der Waals surface area contributed by atoms with E-state index in [1.54, 1.807) is 6.20 Å². The summed E-state index contributed by atoms with van der Waals surface area (Å²) in [5.74, 6) is 1.03. The second-order valence-electron chi connectivity index (χ2n) is 4.60. The van der Waals surface area contributed by atoms with Crippen LogP contribution >= 0.6 is 23.1 Å². The van der Waals surface area contributed by atoms with Crippen LogP contribution in [0.3, 0.4) is 0 Å². The molecule has 8 heteroatoms. The van der Waals surface area contributed by atoms with Crippen molar-refractivity contribution >= 4 is 34.1 Å². The molecule has 23 heavy (non-hydrogen) atoms. The molecule has 1 amide bonds. The molecule has 0 saturated heterocycles. The van der Waals surface area contributed by atoms with Crippen LogP contribution in [0.2, 0.25) is 0 Å². The van der Waals surface area contributed by atoms with E-state index in [1.165, 1.54) is 23.1 Å². The van der Waals surface area contributed by atoms with Gasteiger partial charge in [-0.3, -0.25) is 9.36 Å². The van der Waals surface area contributed by atoms with E-state index in [4.69, 9.17) is 0 Å². The molecule has 0 fully saturated rings. The first-order chi connectivity index (χ1) is 11.3. The summed E-state index contributed by atoms with van der Waals surface area (Å²) in [6.07, 6.45) is 2.43. The Bertz CT molecular complexity index is 771. The van der Waals surface area contributed by atoms with Crippen molar-refractivity contribution in [2.75, 3.05) is 11.1 Å². The quantitative estimate of drug-likeness (QED) is 0.695. The molecule has 0 aliphatic heterocycles. The zero-order chi connectivity index (χ0) is 16.1. The first-order valence-corrected chi connectivity index (χ1v) is 8.96. The first kappa shape index (κ1) is 15.7. The van der Waals surface area contributed by atoms with Gasteiger partial charge in [0.25, 0.3) is 0 Å². The van der Waals surface area contributed by atoms with E-state index in [0.717, 1.165) is 17.9 Å². The maximum Gasteiger partial charge on any atom is 0.236 e. The van der Waals surface area contributed by atoms with Crippen LogP contribution in [-0.2, 0) is 11.2 Å². The molecule has 1 N–H and O–H groups in total. The molecule has 2 aromatic heterocycles. The highest BCUT2D eigenvalue weighted by Crippen LogP contribution is 2.22. The highest BCUT2D eigenvalue weighted by atomic mass is 32.2. The summed E-state index contributed by atoms with van der Waals surface area (Å²) in [6.45, 7) is 2.03. The highest BCUT2D eigenvalue weighted by molar-refractivity contribution is 7.99. The van der Waals surface area contributed by atoms with E-state index in [2.05, 4.69) is 20.5 Å². The molecule has 0 aliphatic carbocycles. The molecule has 0 unspecified atom stereocenters. The van der Waals surface area contributed by atoms with Crippen molar-refractivity contribution in [1.29, 1.82) is 0 Å². The van der Waals surface area contributed by atoms with Crippen LogP contribution in [0, 0.1) is 0 Å². The summed E-state index contributed by atoms with van der Waals surface area (Å²) in [6, 6.07) is 9.91. The fourth-order valence-corrected chi connectivity index (χ4v) is 3.35. The summed E-state index contributed by atoms with van der Waals surface area (Å²) < 4.78 is 1.99. The molecular weight excluding hydrogens is 330 g/mol. The Hall–Kier alpha value is -2.19. The molecule has 0 spiro atoms. The van der Waals surface area contributed by atoms with E-state index in [9.17, 15) is 4.79 Å². The summed E-state index contributed by atoms with van der Waals surface area (Å²) in [5, 5.41) is 14.3. The van der Waals surface area contributed by atoms with Gasteiger partial charge in [-0.25, -0.2) is 4.98 Å². The smallest absolute Gasteiger partial charge is 0.236 e. The normalized spacial score (nSPS) is 10.7. The molecular formula is C15H15N5OS2. The van der Waals surface area contributed by atoms with Crippen LogP contribution in [0.25, 0.3) is 5.69 Å². The molecule has 1 aromatic carbocycles. The summed E-state index contributed by atoms with van der Waals surface area (Å²) in [5.41, 5.74) is 0.997. The average Bonchev–Trinajstić information content (AvgIpc) is 3.22. The van der Waals surface area contributed by atoms with E-state index >= 15 is 0 Å². The van der Waals surface area contributed by atoms with Crippen LogP contribution < -0.4 is 5.32 Å². The summed E-state index contributed by atoms with van der Waals surface area (Å²) in [7, 11) is 0. The standard InChI is InChI=1S/C15H15N5OS2/c1-2-12-18-19-15(20(12)11-6-4-3-5-7-11)23-10-13(21)17-14-16-8-9-22-14/h3-9H,2,10H2,1H3,(H,16,17,21). The van der Waals surface area contributed by atoms with Gasteiger partial charge in [0, 0.05) is 23.7 Å². The lowest BCUT2D eigenvalue weighted by Crippen LogP contribution is -2.14. The third-order valence-electron chi connectivity index (χ3n) is 3.04. The van der Waals surface area contributed by atoms with Gasteiger partial charge in [-0.1, -0.05) is 36.9 Å². The number of carbonyl (C=O) groups excluding carboxylic acids is 1. The number of aryl methyl sites for hydroxylation is 1. The maximum atomic E-state index is 12.0. The Morgan fingerprint density at radius 2 is 2.13 bits per heavy atom. The predicted octanol–water partition coefficient (Wildman–Crippen LogP) is 3.02. The molecule has 6 nitrogen and oxygen atoms in total. The van der Waals surface area contributed by atoms with Gasteiger partial charge >= 0.3 is 0 Å². The second kappa shape index (κ2) is 7.38. The molecule has 0 aliphatic rings. The van der Waals surface area contributed by atoms with E-state index in [-0.39, 0.29) is 11.7 Å². The van der Waals surface area contributed by atoms with Crippen molar-refractivity contribution in [2.24, 2.45) is 0 Å². The lowest BCUT2D eigenvalue weighted by atomic mass is 10.3. The van der Waals surface area contributed by atoms with Gasteiger partial charge in [-0.15, -0.1) is 21.5 Å². The molecule has 3 aromatic rings. The van der Waals surface area contributed by atoms with E-state index in [0.29, 0.717) is 10.3 Å². The van der Waals surface area contributed by atoms with Crippen LogP contribution in [0.15, 0.2) is 47.1 Å². The van der Waals surface area contributed by atoms with E-state index in [1.807, 2.05) is 47.2 Å². The van der Waals surface area contributed by atoms with Gasteiger partial charge in [0.1, 0.15) is 5.82 Å². The van der Waals surface area contributed by atoms with Gasteiger partial charge in [0.15, 0.2) is 10.3 Å². The van der Waals surface area contributed by atoms with Gasteiger partial charge < -0.3 is 5.32 Å². The molecule has 0 radical (unpaired) electrons. The fourth-order valence-electron chi connectivity index (χ4n) is 2.03. The number of nitrogens with one attached hydrogen (secondary N) is 1. The Balaban J connectivity index is 1.73. The molecule has 0 saturated carbocycles. The second-order valence-corrected chi connectivity index (χ2v) is 6.43. The Morgan fingerprint density at radius 3 is 2.83 bits per heavy atom. The lowest BCUT2D eigenvalue weighted by molar-refractivity contribution is -0.113. The third kappa shape index (κ3) is 3.77. The molecule has 0 bridgehead atoms. The van der Waals surface area contributed by atoms with Crippen LogP contribution in [0.5, 0.6) is 0 Å². The van der Waals surface area contributed by atoms with Crippen molar-refractivity contribution in [2.45, 2.75) is 18.5 Å². The number of hydrogen-bond donors (Lipinski definition) is 1. The summed E-state index contributed by atoms with van der Waals surface area (Å²) >= 11 is 2.76. The number of benzene rings is 1. The van der Waals surface area contributed by atoms with Gasteiger partial charge in [-0.05, 0) is 12.1 Å². The topological polar surface area (TPSA) is 72.7 Å². The van der Waals surface area contributed by atoms with Gasteiger partial charge in [0.2, 0.25) is 5.91 Å². The van der Waals surface area contributed by atoms with Crippen LogP contribution in [0.1, 0.15) is 12.7 Å². The van der Waals surface area contributed by atoms with Crippen molar-refractivity contribution in [3.8, 4) is 5.69 Å². The molecule has 3 rings (SSSR count). The maximum absolute atomic E-state index is 12.0. The number of rotatable bonds is 6. The summed E-state index contributed by atoms with van der Waals surface area (Å²) in [4.78, 5) is 16.0. The highest BCUT2D eigenvalue weighted by Gasteiger charge is 2.14. The van der Waals surface area contributed by atoms with E-state index < -0.39 is 0 Å². The number of carbonyl (C=O) groups is 1. The minimum Gasteiger partial charge on any atom is -0.301 e. The first-order valence-electron chi connectivity index (χ1n) is 7.09. The molecule has 0 atom stereocenters. The predicted molar refractivity (Wildman–Crippen MR) is 92.2 cm³/mol. The fraction of sp³-hybridized carbons (Fsp3) is 0.200.